The number of carboxylic acids is 1. The molecule has 1 aromatic heterocycles. The minimum Gasteiger partial charge on any atom is -0.481 e. The quantitative estimate of drug-likeness (QED) is 0.593. The molecule has 2 aromatic rings. The number of benzene rings is 1. The van der Waals surface area contributed by atoms with E-state index in [0.29, 0.717) is 11.4 Å². The lowest BCUT2D eigenvalue weighted by molar-refractivity contribution is -0.235. The van der Waals surface area contributed by atoms with Crippen LogP contribution < -0.4 is 5.32 Å². The van der Waals surface area contributed by atoms with Gasteiger partial charge in [0.2, 0.25) is 11.9 Å². The van der Waals surface area contributed by atoms with E-state index >= 15 is 0 Å². The maximum Gasteiger partial charge on any atom is 0.305 e. The Kier molecular flexibility index (Phi) is 6.58. The van der Waals surface area contributed by atoms with Crippen LogP contribution in [0.25, 0.3) is 10.8 Å². The molecule has 0 bridgehead atoms. The van der Waals surface area contributed by atoms with Crippen LogP contribution in [0.3, 0.4) is 0 Å². The number of carbonyl (C=O) groups is 2. The first-order chi connectivity index (χ1) is 14.4. The van der Waals surface area contributed by atoms with Gasteiger partial charge < -0.3 is 24.7 Å². The summed E-state index contributed by atoms with van der Waals surface area (Å²) in [4.78, 5) is 33.6. The molecule has 10 heteroatoms. The highest BCUT2D eigenvalue weighted by molar-refractivity contribution is 6.11. The van der Waals surface area contributed by atoms with Crippen molar-refractivity contribution in [2.75, 3.05) is 20.9 Å². The Balaban J connectivity index is 1.76. The lowest BCUT2D eigenvalue weighted by atomic mass is 10.0. The molecule has 0 fully saturated rings. The third kappa shape index (κ3) is 4.24. The van der Waals surface area contributed by atoms with Gasteiger partial charge >= 0.3 is 5.97 Å². The average molecular weight is 419 g/mol. The van der Waals surface area contributed by atoms with Crippen LogP contribution in [-0.4, -0.2) is 66.5 Å². The van der Waals surface area contributed by atoms with Crippen molar-refractivity contribution < 1.29 is 33.4 Å². The number of aromatic nitrogens is 1. The number of ether oxygens (including phenoxy) is 2. The standard InChI is InChI=1S/C20H22FN3O6/c1-28-20(11-21,29-2)16(10-17(25)26)23-19(27)15-9-14(24-30-15)18-13-6-4-3-5-12(13)7-8-22-18/h3-8,15-16H,9-11H2,1-2H3,(H,23,27)(H,25,26)/t15?,16-/m0/s1. The molecule has 0 radical (unpaired) electrons. The van der Waals surface area contributed by atoms with Gasteiger partial charge in [0.15, 0.2) is 0 Å². The van der Waals surface area contributed by atoms with Crippen LogP contribution in [0, 0.1) is 0 Å². The number of carboxylic acid groups (broad SMARTS) is 1. The number of oxime groups is 1. The van der Waals surface area contributed by atoms with Crippen LogP contribution in [0.4, 0.5) is 4.39 Å². The van der Waals surface area contributed by atoms with Gasteiger partial charge in [0.05, 0.1) is 18.2 Å². The molecule has 0 saturated carbocycles. The summed E-state index contributed by atoms with van der Waals surface area (Å²) in [5, 5.41) is 17.4. The number of hydrogen-bond acceptors (Lipinski definition) is 7. The highest BCUT2D eigenvalue weighted by Gasteiger charge is 2.44. The van der Waals surface area contributed by atoms with Crippen molar-refractivity contribution >= 4 is 28.4 Å². The van der Waals surface area contributed by atoms with Crippen molar-refractivity contribution in [3.63, 3.8) is 0 Å². The number of methoxy groups -OCH3 is 2. The molecule has 1 aromatic carbocycles. The number of alkyl halides is 1. The molecule has 1 aliphatic heterocycles. The summed E-state index contributed by atoms with van der Waals surface area (Å²) in [6.45, 7) is -1.16. The smallest absolute Gasteiger partial charge is 0.305 e. The number of fused-ring (bicyclic) bond motifs is 1. The normalized spacial score (nSPS) is 17.3. The monoisotopic (exact) mass is 419 g/mol. The van der Waals surface area contributed by atoms with E-state index in [0.717, 1.165) is 10.8 Å². The van der Waals surface area contributed by atoms with Gasteiger partial charge in [-0.05, 0) is 11.5 Å². The molecule has 1 unspecified atom stereocenters. The number of carbonyl (C=O) groups excluding carboxylic acids is 1. The molecule has 2 N–H and O–H groups in total. The molecular weight excluding hydrogens is 397 g/mol. The van der Waals surface area contributed by atoms with Gasteiger partial charge in [-0.2, -0.15) is 0 Å². The van der Waals surface area contributed by atoms with Gasteiger partial charge in [-0.15, -0.1) is 0 Å². The largest absolute Gasteiger partial charge is 0.481 e. The molecule has 0 spiro atoms. The zero-order valence-corrected chi connectivity index (χ0v) is 16.5. The predicted molar refractivity (Wildman–Crippen MR) is 105 cm³/mol. The van der Waals surface area contributed by atoms with E-state index in [1.165, 1.54) is 14.2 Å². The fraction of sp³-hybridized carbons (Fsp3) is 0.400. The van der Waals surface area contributed by atoms with E-state index in [9.17, 15) is 14.0 Å². The number of nitrogens with zero attached hydrogens (tertiary/aromatic N) is 2. The number of rotatable bonds is 9. The first-order valence-electron chi connectivity index (χ1n) is 9.19. The Hall–Kier alpha value is -3.11. The number of nitrogens with one attached hydrogen (secondary N) is 1. The third-order valence-electron chi connectivity index (χ3n) is 5.01. The number of aliphatic carboxylic acids is 1. The summed E-state index contributed by atoms with van der Waals surface area (Å²) in [5.74, 6) is -3.85. The van der Waals surface area contributed by atoms with Gasteiger partial charge in [-0.3, -0.25) is 14.6 Å². The average Bonchev–Trinajstić information content (AvgIpc) is 3.25. The first kappa shape index (κ1) is 21.6. The molecule has 9 nitrogen and oxygen atoms in total. The Morgan fingerprint density at radius 1 is 1.33 bits per heavy atom. The van der Waals surface area contributed by atoms with Crippen molar-refractivity contribution in [2.45, 2.75) is 30.8 Å². The van der Waals surface area contributed by atoms with Crippen LogP contribution in [0.15, 0.2) is 41.7 Å². The lowest BCUT2D eigenvalue weighted by Crippen LogP contribution is -2.58. The van der Waals surface area contributed by atoms with Crippen molar-refractivity contribution in [3.8, 4) is 0 Å². The van der Waals surface area contributed by atoms with E-state index < -0.39 is 42.9 Å². The summed E-state index contributed by atoms with van der Waals surface area (Å²) in [6.07, 6.45) is 0.129. The second-order valence-electron chi connectivity index (χ2n) is 6.73. The van der Waals surface area contributed by atoms with Crippen molar-refractivity contribution in [1.29, 1.82) is 0 Å². The highest BCUT2D eigenvalue weighted by atomic mass is 19.1. The first-order valence-corrected chi connectivity index (χ1v) is 9.19. The zero-order chi connectivity index (χ0) is 21.7. The van der Waals surface area contributed by atoms with Crippen molar-refractivity contribution in [1.82, 2.24) is 10.3 Å². The number of amides is 1. The minimum atomic E-state index is -1.94. The second-order valence-corrected chi connectivity index (χ2v) is 6.73. The molecule has 1 amide bonds. The van der Waals surface area contributed by atoms with E-state index in [1.807, 2.05) is 30.3 Å². The van der Waals surface area contributed by atoms with Crippen LogP contribution in [0.5, 0.6) is 0 Å². The summed E-state index contributed by atoms with van der Waals surface area (Å²) in [7, 11) is 2.34. The molecule has 0 aliphatic carbocycles. The number of pyridine rings is 1. The van der Waals surface area contributed by atoms with Gasteiger partial charge in [0, 0.05) is 32.2 Å². The SMILES string of the molecule is COC(CF)(OC)[C@H](CC(=O)O)NC(=O)C1CC(c2nccc3ccccc23)=NO1. The van der Waals surface area contributed by atoms with E-state index in [-0.39, 0.29) is 6.42 Å². The number of hydrogen-bond donors (Lipinski definition) is 2. The van der Waals surface area contributed by atoms with E-state index in [2.05, 4.69) is 15.5 Å². The van der Waals surface area contributed by atoms with Crippen LogP contribution in [-0.2, 0) is 23.9 Å². The van der Waals surface area contributed by atoms with Crippen molar-refractivity contribution in [2.24, 2.45) is 5.16 Å². The Morgan fingerprint density at radius 3 is 2.73 bits per heavy atom. The Bertz CT molecular complexity index is 949. The minimum absolute atomic E-state index is 0.120. The highest BCUT2D eigenvalue weighted by Crippen LogP contribution is 2.24. The predicted octanol–water partition coefficient (Wildman–Crippen LogP) is 1.65. The van der Waals surface area contributed by atoms with Gasteiger partial charge in [-0.25, -0.2) is 4.39 Å². The van der Waals surface area contributed by atoms with Crippen molar-refractivity contribution in [3.05, 3.63) is 42.2 Å². The van der Waals surface area contributed by atoms with Gasteiger partial charge in [-0.1, -0.05) is 29.4 Å². The zero-order valence-electron chi connectivity index (χ0n) is 16.5. The van der Waals surface area contributed by atoms with E-state index in [4.69, 9.17) is 19.4 Å². The maximum absolute atomic E-state index is 13.6. The summed E-state index contributed by atoms with van der Waals surface area (Å²) in [5.41, 5.74) is 1.08. The Morgan fingerprint density at radius 2 is 2.07 bits per heavy atom. The topological polar surface area (TPSA) is 119 Å². The lowest BCUT2D eigenvalue weighted by Gasteiger charge is -2.35. The molecule has 160 valence electrons. The molecule has 0 saturated heterocycles. The molecule has 30 heavy (non-hydrogen) atoms. The fourth-order valence-electron chi connectivity index (χ4n) is 3.33. The Labute approximate surface area is 171 Å². The molecule has 1 aliphatic rings. The van der Waals surface area contributed by atoms with Crippen LogP contribution in [0.1, 0.15) is 18.5 Å². The number of halogens is 1. The third-order valence-corrected chi connectivity index (χ3v) is 5.01. The summed E-state index contributed by atoms with van der Waals surface area (Å²) < 4.78 is 23.7. The molecular formula is C20H22FN3O6. The van der Waals surface area contributed by atoms with Gasteiger partial charge in [0.25, 0.3) is 5.91 Å². The summed E-state index contributed by atoms with van der Waals surface area (Å²) >= 11 is 0. The molecule has 3 rings (SSSR count). The van der Waals surface area contributed by atoms with Crippen LogP contribution in [0.2, 0.25) is 0 Å². The summed E-state index contributed by atoms with van der Waals surface area (Å²) in [6, 6.07) is 8.18. The molecule has 2 heterocycles. The maximum atomic E-state index is 13.6. The van der Waals surface area contributed by atoms with Crippen LogP contribution >= 0.6 is 0 Å². The van der Waals surface area contributed by atoms with E-state index in [1.54, 1.807) is 6.20 Å². The molecule has 2 atom stereocenters. The second kappa shape index (κ2) is 9.14. The van der Waals surface area contributed by atoms with Gasteiger partial charge in [0.1, 0.15) is 12.4 Å². The fourth-order valence-corrected chi connectivity index (χ4v) is 3.33.